The third-order valence-corrected chi connectivity index (χ3v) is 4.75. The maximum atomic E-state index is 13.3. The lowest BCUT2D eigenvalue weighted by Gasteiger charge is -2.36. The van der Waals surface area contributed by atoms with E-state index in [4.69, 9.17) is 0 Å². The topological polar surface area (TPSA) is 37.3 Å². The number of carbonyl (C=O) groups excluding carboxylic acids is 1. The van der Waals surface area contributed by atoms with Crippen LogP contribution in [-0.4, -0.2) is 28.5 Å². The van der Waals surface area contributed by atoms with Gasteiger partial charge in [0.05, 0.1) is 12.6 Å². The van der Waals surface area contributed by atoms with Gasteiger partial charge in [0.2, 0.25) is 5.91 Å². The minimum atomic E-state index is -0.719. The molecular weight excluding hydrogens is 348 g/mol. The largest absolute Gasteiger partial charge is 0.348 e. The molecule has 1 atom stereocenters. The Balaban J connectivity index is 1.56. The van der Waals surface area contributed by atoms with Gasteiger partial charge in [-0.15, -0.1) is 0 Å². The molecule has 1 aromatic heterocycles. The van der Waals surface area contributed by atoms with Crippen LogP contribution in [0.2, 0.25) is 0 Å². The van der Waals surface area contributed by atoms with E-state index in [0.717, 1.165) is 36.0 Å². The molecule has 3 aromatic rings. The fraction of sp³-hybridized carbons (Fsp3) is 0.190. The van der Waals surface area contributed by atoms with Crippen molar-refractivity contribution in [1.82, 2.24) is 9.47 Å². The van der Waals surface area contributed by atoms with E-state index in [2.05, 4.69) is 20.9 Å². The number of aromatic nitrogens is 1. The van der Waals surface area contributed by atoms with E-state index in [-0.39, 0.29) is 24.2 Å². The molecule has 4 rings (SSSR count). The summed E-state index contributed by atoms with van der Waals surface area (Å²) in [5.74, 6) is -1.74. The molecule has 2 aromatic carbocycles. The summed E-state index contributed by atoms with van der Waals surface area (Å²) in [5.41, 5.74) is 2.34. The van der Waals surface area contributed by atoms with Crippen molar-refractivity contribution < 1.29 is 13.6 Å². The first kappa shape index (κ1) is 17.4. The zero-order valence-electron chi connectivity index (χ0n) is 14.6. The Bertz CT molecular complexity index is 935. The van der Waals surface area contributed by atoms with Gasteiger partial charge >= 0.3 is 0 Å². The summed E-state index contributed by atoms with van der Waals surface area (Å²) < 4.78 is 28.9. The lowest BCUT2D eigenvalue weighted by Crippen LogP contribution is -2.42. The minimum Gasteiger partial charge on any atom is -0.348 e. The van der Waals surface area contributed by atoms with Crippen molar-refractivity contribution in [2.45, 2.75) is 12.6 Å². The van der Waals surface area contributed by atoms with Gasteiger partial charge in [0, 0.05) is 36.7 Å². The average Bonchev–Trinajstić information content (AvgIpc) is 3.10. The summed E-state index contributed by atoms with van der Waals surface area (Å²) in [6.07, 6.45) is 2.04. The van der Waals surface area contributed by atoms with Crippen LogP contribution in [0.25, 0.3) is 0 Å². The second kappa shape index (κ2) is 7.32. The molecule has 1 aliphatic heterocycles. The number of hydrogen-bond donors (Lipinski definition) is 1. The van der Waals surface area contributed by atoms with Gasteiger partial charge in [0.1, 0.15) is 11.6 Å². The summed E-state index contributed by atoms with van der Waals surface area (Å²) in [4.78, 5) is 14.6. The zero-order chi connectivity index (χ0) is 18.8. The monoisotopic (exact) mass is 367 g/mol. The van der Waals surface area contributed by atoms with E-state index in [1.807, 2.05) is 42.6 Å². The molecule has 0 radical (unpaired) electrons. The number of amides is 1. The minimum absolute atomic E-state index is 0.0510. The zero-order valence-corrected chi connectivity index (χ0v) is 14.6. The first-order chi connectivity index (χ1) is 13.1. The third kappa shape index (κ3) is 3.75. The second-order valence-corrected chi connectivity index (χ2v) is 6.62. The number of nitrogens with zero attached hydrogens (tertiary/aromatic N) is 2. The lowest BCUT2D eigenvalue weighted by molar-refractivity contribution is -0.117. The quantitative estimate of drug-likeness (QED) is 0.761. The number of nitrogens with one attached hydrogen (secondary N) is 1. The predicted molar refractivity (Wildman–Crippen MR) is 99.3 cm³/mol. The van der Waals surface area contributed by atoms with Crippen LogP contribution in [0.15, 0.2) is 66.9 Å². The molecule has 0 spiro atoms. The first-order valence-electron chi connectivity index (χ1n) is 8.80. The van der Waals surface area contributed by atoms with E-state index < -0.39 is 11.6 Å². The Labute approximate surface area is 156 Å². The molecule has 0 fully saturated rings. The molecule has 0 saturated heterocycles. The summed E-state index contributed by atoms with van der Waals surface area (Å²) >= 11 is 0. The number of fused-ring (bicyclic) bond motifs is 1. The molecule has 4 nitrogen and oxygen atoms in total. The molecule has 1 unspecified atom stereocenters. The highest BCUT2D eigenvalue weighted by atomic mass is 19.1. The highest BCUT2D eigenvalue weighted by molar-refractivity contribution is 5.92. The fourth-order valence-electron chi connectivity index (χ4n) is 3.63. The summed E-state index contributed by atoms with van der Waals surface area (Å²) in [5, 5.41) is 2.59. The summed E-state index contributed by atoms with van der Waals surface area (Å²) in [6.45, 7) is 1.61. The van der Waals surface area contributed by atoms with Crippen molar-refractivity contribution in [2.24, 2.45) is 0 Å². The average molecular weight is 367 g/mol. The number of benzene rings is 2. The van der Waals surface area contributed by atoms with Crippen molar-refractivity contribution in [3.8, 4) is 0 Å². The Kier molecular flexibility index (Phi) is 4.73. The Morgan fingerprint density at radius 2 is 1.74 bits per heavy atom. The predicted octanol–water partition coefficient (Wildman–Crippen LogP) is 3.81. The van der Waals surface area contributed by atoms with Crippen molar-refractivity contribution in [1.29, 1.82) is 0 Å². The van der Waals surface area contributed by atoms with E-state index in [1.165, 1.54) is 0 Å². The van der Waals surface area contributed by atoms with Crippen molar-refractivity contribution >= 4 is 11.6 Å². The highest BCUT2D eigenvalue weighted by Crippen LogP contribution is 2.32. The number of hydrogen-bond acceptors (Lipinski definition) is 2. The van der Waals surface area contributed by atoms with E-state index in [0.29, 0.717) is 6.54 Å². The fourth-order valence-corrected chi connectivity index (χ4v) is 3.63. The van der Waals surface area contributed by atoms with Crippen LogP contribution in [-0.2, 0) is 11.3 Å². The molecule has 138 valence electrons. The molecule has 0 saturated carbocycles. The van der Waals surface area contributed by atoms with Gasteiger partial charge in [-0.1, -0.05) is 30.3 Å². The van der Waals surface area contributed by atoms with Crippen LogP contribution in [0.4, 0.5) is 14.5 Å². The van der Waals surface area contributed by atoms with Crippen LogP contribution in [0.3, 0.4) is 0 Å². The Morgan fingerprint density at radius 1 is 1.00 bits per heavy atom. The number of rotatable bonds is 4. The van der Waals surface area contributed by atoms with Gasteiger partial charge in [-0.05, 0) is 29.8 Å². The van der Waals surface area contributed by atoms with E-state index in [1.54, 1.807) is 0 Å². The third-order valence-electron chi connectivity index (χ3n) is 4.75. The molecule has 2 heterocycles. The summed E-state index contributed by atoms with van der Waals surface area (Å²) in [7, 11) is 0. The van der Waals surface area contributed by atoms with Crippen molar-refractivity contribution in [3.63, 3.8) is 0 Å². The molecular formula is C21H19F2N3O. The Hall–Kier alpha value is -2.99. The molecule has 0 bridgehead atoms. The molecule has 0 aliphatic carbocycles. The van der Waals surface area contributed by atoms with Crippen LogP contribution in [0.5, 0.6) is 0 Å². The summed E-state index contributed by atoms with van der Waals surface area (Å²) in [6, 6.07) is 17.0. The van der Waals surface area contributed by atoms with Crippen LogP contribution in [0.1, 0.15) is 17.3 Å². The highest BCUT2D eigenvalue weighted by Gasteiger charge is 2.29. The van der Waals surface area contributed by atoms with Gasteiger partial charge in [-0.3, -0.25) is 9.69 Å². The van der Waals surface area contributed by atoms with Crippen LogP contribution < -0.4 is 5.32 Å². The van der Waals surface area contributed by atoms with Gasteiger partial charge in [-0.2, -0.15) is 0 Å². The smallest absolute Gasteiger partial charge is 0.238 e. The van der Waals surface area contributed by atoms with Crippen LogP contribution in [0, 0.1) is 11.6 Å². The molecule has 27 heavy (non-hydrogen) atoms. The molecule has 6 heteroatoms. The van der Waals surface area contributed by atoms with Gasteiger partial charge in [0.25, 0.3) is 0 Å². The van der Waals surface area contributed by atoms with Gasteiger partial charge in [-0.25, -0.2) is 8.78 Å². The van der Waals surface area contributed by atoms with Crippen LogP contribution >= 0.6 is 0 Å². The standard InChI is InChI=1S/C21H19F2N3O/c22-16-11-17(23)13-18(12-16)24-20(27)14-26-10-9-25-8-4-7-19(25)21(26)15-5-2-1-3-6-15/h1-8,11-13,21H,9-10,14H2,(H,24,27). The van der Waals surface area contributed by atoms with Crippen molar-refractivity contribution in [3.05, 3.63) is 89.8 Å². The molecule has 1 amide bonds. The van der Waals surface area contributed by atoms with Gasteiger partial charge in [0.15, 0.2) is 0 Å². The van der Waals surface area contributed by atoms with E-state index >= 15 is 0 Å². The van der Waals surface area contributed by atoms with E-state index in [9.17, 15) is 13.6 Å². The maximum absolute atomic E-state index is 13.3. The first-order valence-corrected chi connectivity index (χ1v) is 8.80. The van der Waals surface area contributed by atoms with Crippen molar-refractivity contribution in [2.75, 3.05) is 18.4 Å². The molecule has 1 aliphatic rings. The lowest BCUT2D eigenvalue weighted by atomic mass is 10.00. The molecule has 1 N–H and O–H groups in total. The second-order valence-electron chi connectivity index (χ2n) is 6.62. The van der Waals surface area contributed by atoms with Gasteiger partial charge < -0.3 is 9.88 Å². The number of anilines is 1. The maximum Gasteiger partial charge on any atom is 0.238 e. The normalized spacial score (nSPS) is 16.7. The Morgan fingerprint density at radius 3 is 2.48 bits per heavy atom. The number of halogens is 2. The number of carbonyl (C=O) groups is 1. The SMILES string of the molecule is O=C(CN1CCn2cccc2C1c1ccccc1)Nc1cc(F)cc(F)c1.